The quantitative estimate of drug-likeness (QED) is 0.649. The van der Waals surface area contributed by atoms with Crippen LogP contribution in [-0.4, -0.2) is 15.9 Å². The largest absolute Gasteiger partial charge is 0.339 e. The molecule has 1 aromatic heterocycles. The number of benzene rings is 2. The van der Waals surface area contributed by atoms with Crippen molar-refractivity contribution in [2.75, 3.05) is 10.6 Å². The van der Waals surface area contributed by atoms with Gasteiger partial charge in [-0.2, -0.15) is 0 Å². The third-order valence-electron chi connectivity index (χ3n) is 3.60. The summed E-state index contributed by atoms with van der Waals surface area (Å²) in [4.78, 5) is 20.6. The zero-order valence-electron chi connectivity index (χ0n) is 13.7. The molecule has 2 N–H and O–H groups in total. The van der Waals surface area contributed by atoms with Crippen molar-refractivity contribution in [1.82, 2.24) is 9.97 Å². The van der Waals surface area contributed by atoms with Gasteiger partial charge in [-0.1, -0.05) is 41.1 Å². The van der Waals surface area contributed by atoms with E-state index in [2.05, 4.69) is 55.6 Å². The number of carbonyl (C=O) groups excluding carboxylic acids is 1. The molecule has 0 bridgehead atoms. The van der Waals surface area contributed by atoms with Gasteiger partial charge < -0.3 is 10.6 Å². The normalized spacial score (nSPS) is 10.3. The van der Waals surface area contributed by atoms with Gasteiger partial charge >= 0.3 is 0 Å². The first kappa shape index (κ1) is 17.1. The standard InChI is InChI=1S/C19H17BrN4O/c1-2-13-6-8-15(9-7-13)23-18-12-21-17(11-22-18)19(25)24-16-5-3-4-14(20)10-16/h3-12H,2H2,1H3,(H,22,23)(H,24,25). The van der Waals surface area contributed by atoms with Crippen molar-refractivity contribution >= 4 is 39.0 Å². The molecule has 5 nitrogen and oxygen atoms in total. The summed E-state index contributed by atoms with van der Waals surface area (Å²) in [5, 5.41) is 5.96. The molecular formula is C19H17BrN4O. The molecule has 0 unspecified atom stereocenters. The minimum absolute atomic E-state index is 0.256. The van der Waals surface area contributed by atoms with E-state index in [4.69, 9.17) is 0 Å². The van der Waals surface area contributed by atoms with Crippen molar-refractivity contribution in [2.45, 2.75) is 13.3 Å². The summed E-state index contributed by atoms with van der Waals surface area (Å²) in [5.41, 5.74) is 3.15. The van der Waals surface area contributed by atoms with Gasteiger partial charge in [0.15, 0.2) is 0 Å². The maximum atomic E-state index is 12.2. The molecule has 0 saturated heterocycles. The van der Waals surface area contributed by atoms with Crippen LogP contribution in [0.5, 0.6) is 0 Å². The second-order valence-corrected chi connectivity index (χ2v) is 6.34. The van der Waals surface area contributed by atoms with Crippen LogP contribution in [0.3, 0.4) is 0 Å². The van der Waals surface area contributed by atoms with Gasteiger partial charge in [0.1, 0.15) is 11.5 Å². The lowest BCUT2D eigenvalue weighted by atomic mass is 10.1. The maximum Gasteiger partial charge on any atom is 0.275 e. The predicted molar refractivity (Wildman–Crippen MR) is 103 cm³/mol. The number of carbonyl (C=O) groups is 1. The number of rotatable bonds is 5. The summed E-state index contributed by atoms with van der Waals surface area (Å²) in [6, 6.07) is 15.5. The molecule has 25 heavy (non-hydrogen) atoms. The van der Waals surface area contributed by atoms with E-state index in [1.165, 1.54) is 11.8 Å². The van der Waals surface area contributed by atoms with Crippen LogP contribution in [0.2, 0.25) is 0 Å². The molecule has 3 aromatic rings. The summed E-state index contributed by atoms with van der Waals surface area (Å²) in [6.07, 6.45) is 4.00. The molecule has 0 aliphatic heterocycles. The van der Waals surface area contributed by atoms with Crippen molar-refractivity contribution in [1.29, 1.82) is 0 Å². The summed E-state index contributed by atoms with van der Waals surface area (Å²) in [5.74, 6) is 0.285. The van der Waals surface area contributed by atoms with E-state index in [-0.39, 0.29) is 11.6 Å². The fraction of sp³-hybridized carbons (Fsp3) is 0.105. The lowest BCUT2D eigenvalue weighted by Crippen LogP contribution is -2.14. The van der Waals surface area contributed by atoms with Gasteiger partial charge in [-0.25, -0.2) is 9.97 Å². The van der Waals surface area contributed by atoms with E-state index in [0.29, 0.717) is 11.5 Å². The Morgan fingerprint density at radius 3 is 2.48 bits per heavy atom. The molecule has 2 aromatic carbocycles. The van der Waals surface area contributed by atoms with Crippen LogP contribution in [0.1, 0.15) is 23.0 Å². The Bertz CT molecular complexity index is 863. The van der Waals surface area contributed by atoms with Gasteiger partial charge in [0, 0.05) is 15.8 Å². The monoisotopic (exact) mass is 396 g/mol. The molecule has 1 amide bonds. The van der Waals surface area contributed by atoms with Crippen molar-refractivity contribution in [3.8, 4) is 0 Å². The van der Waals surface area contributed by atoms with Crippen molar-refractivity contribution in [2.24, 2.45) is 0 Å². The Labute approximate surface area is 154 Å². The summed E-state index contributed by atoms with van der Waals surface area (Å²) < 4.78 is 0.894. The van der Waals surface area contributed by atoms with Crippen LogP contribution < -0.4 is 10.6 Å². The molecule has 3 rings (SSSR count). The molecule has 126 valence electrons. The average molecular weight is 397 g/mol. The molecule has 0 aliphatic carbocycles. The van der Waals surface area contributed by atoms with Gasteiger partial charge in [-0.05, 0) is 42.3 Å². The third kappa shape index (κ3) is 4.64. The third-order valence-corrected chi connectivity index (χ3v) is 4.09. The number of nitrogens with zero attached hydrogens (tertiary/aromatic N) is 2. The fourth-order valence-electron chi connectivity index (χ4n) is 2.24. The smallest absolute Gasteiger partial charge is 0.275 e. The van der Waals surface area contributed by atoms with Gasteiger partial charge in [-0.15, -0.1) is 0 Å². The zero-order valence-corrected chi connectivity index (χ0v) is 15.2. The SMILES string of the molecule is CCc1ccc(Nc2cnc(C(=O)Nc3cccc(Br)c3)cn2)cc1. The first-order chi connectivity index (χ1) is 12.1. The molecule has 0 aliphatic rings. The molecule has 0 fully saturated rings. The number of anilines is 3. The van der Waals surface area contributed by atoms with Gasteiger partial charge in [0.25, 0.3) is 5.91 Å². The Morgan fingerprint density at radius 1 is 1.04 bits per heavy atom. The number of halogens is 1. The molecule has 6 heteroatoms. The van der Waals surface area contributed by atoms with Crippen molar-refractivity contribution in [3.05, 3.63) is 76.7 Å². The van der Waals surface area contributed by atoms with Crippen LogP contribution >= 0.6 is 15.9 Å². The highest BCUT2D eigenvalue weighted by molar-refractivity contribution is 9.10. The van der Waals surface area contributed by atoms with Gasteiger partial charge in [-0.3, -0.25) is 4.79 Å². The Morgan fingerprint density at radius 2 is 1.84 bits per heavy atom. The van der Waals surface area contributed by atoms with E-state index in [9.17, 15) is 4.79 Å². The zero-order chi connectivity index (χ0) is 17.6. The Balaban J connectivity index is 1.65. The Hall–Kier alpha value is -2.73. The average Bonchev–Trinajstić information content (AvgIpc) is 2.63. The van der Waals surface area contributed by atoms with Crippen LogP contribution in [-0.2, 0) is 6.42 Å². The minimum Gasteiger partial charge on any atom is -0.339 e. The molecule has 0 saturated carbocycles. The first-order valence-electron chi connectivity index (χ1n) is 7.89. The first-order valence-corrected chi connectivity index (χ1v) is 8.68. The van der Waals surface area contributed by atoms with Crippen LogP contribution in [0.4, 0.5) is 17.2 Å². The topological polar surface area (TPSA) is 66.9 Å². The molecule has 0 radical (unpaired) electrons. The second-order valence-electron chi connectivity index (χ2n) is 5.43. The molecule has 0 spiro atoms. The molecule has 0 atom stereocenters. The lowest BCUT2D eigenvalue weighted by Gasteiger charge is -2.07. The fourth-order valence-corrected chi connectivity index (χ4v) is 2.64. The van der Waals surface area contributed by atoms with E-state index in [1.807, 2.05) is 36.4 Å². The predicted octanol–water partition coefficient (Wildman–Crippen LogP) is 4.80. The number of hydrogen-bond acceptors (Lipinski definition) is 4. The lowest BCUT2D eigenvalue weighted by molar-refractivity contribution is 0.102. The van der Waals surface area contributed by atoms with Crippen molar-refractivity contribution < 1.29 is 4.79 Å². The number of amides is 1. The maximum absolute atomic E-state index is 12.2. The minimum atomic E-state index is -0.301. The van der Waals surface area contributed by atoms with E-state index >= 15 is 0 Å². The van der Waals surface area contributed by atoms with Gasteiger partial charge in [0.05, 0.1) is 12.4 Å². The van der Waals surface area contributed by atoms with E-state index in [0.717, 1.165) is 16.6 Å². The van der Waals surface area contributed by atoms with Crippen LogP contribution in [0, 0.1) is 0 Å². The highest BCUT2D eigenvalue weighted by Gasteiger charge is 2.09. The highest BCUT2D eigenvalue weighted by Crippen LogP contribution is 2.17. The molecular weight excluding hydrogens is 380 g/mol. The van der Waals surface area contributed by atoms with E-state index < -0.39 is 0 Å². The van der Waals surface area contributed by atoms with E-state index in [1.54, 1.807) is 6.20 Å². The highest BCUT2D eigenvalue weighted by atomic mass is 79.9. The number of hydrogen-bond donors (Lipinski definition) is 2. The summed E-state index contributed by atoms with van der Waals surface area (Å²) in [7, 11) is 0. The number of nitrogens with one attached hydrogen (secondary N) is 2. The van der Waals surface area contributed by atoms with Crippen molar-refractivity contribution in [3.63, 3.8) is 0 Å². The summed E-state index contributed by atoms with van der Waals surface area (Å²) >= 11 is 3.37. The number of aryl methyl sites for hydroxylation is 1. The van der Waals surface area contributed by atoms with Crippen LogP contribution in [0.25, 0.3) is 0 Å². The summed E-state index contributed by atoms with van der Waals surface area (Å²) in [6.45, 7) is 2.12. The number of aromatic nitrogens is 2. The van der Waals surface area contributed by atoms with Crippen LogP contribution in [0.15, 0.2) is 65.4 Å². The van der Waals surface area contributed by atoms with Gasteiger partial charge in [0.2, 0.25) is 0 Å². The second kappa shape index (κ2) is 7.90. The molecule has 1 heterocycles. The Kier molecular flexibility index (Phi) is 5.40.